The molecule has 3 aliphatic rings. The highest BCUT2D eigenvalue weighted by atomic mass is 32.2. The van der Waals surface area contributed by atoms with Crippen molar-refractivity contribution < 1.29 is 37.2 Å². The molecule has 3 aliphatic heterocycles. The van der Waals surface area contributed by atoms with E-state index in [0.717, 1.165) is 22.7 Å². The van der Waals surface area contributed by atoms with Crippen molar-refractivity contribution in [3.63, 3.8) is 0 Å². The Labute approximate surface area is 262 Å². The van der Waals surface area contributed by atoms with E-state index < -0.39 is 28.1 Å². The van der Waals surface area contributed by atoms with Gasteiger partial charge in [0.15, 0.2) is 17.8 Å². The van der Waals surface area contributed by atoms with Crippen LogP contribution in [-0.4, -0.2) is 67.8 Å². The van der Waals surface area contributed by atoms with Gasteiger partial charge in [-0.15, -0.1) is 11.3 Å². The normalized spacial score (nSPS) is 22.5. The fourth-order valence-electron chi connectivity index (χ4n) is 5.76. The molecule has 1 N–H and O–H groups in total. The van der Waals surface area contributed by atoms with Crippen LogP contribution < -0.4 is 14.2 Å². The number of thiazole rings is 1. The van der Waals surface area contributed by atoms with Crippen LogP contribution in [0.3, 0.4) is 0 Å². The highest BCUT2D eigenvalue weighted by Crippen LogP contribution is 2.39. The minimum atomic E-state index is -3.96. The standard InChI is InChI=1S/C32H38N2O8S2/c1-20(2)15-34(44(36,37)26-8-9-29-31(14-26)41-19-40-29)16-28(35)27(30-13-23-10-11-38-32(23)42-30)12-22-4-6-25(7-5-22)39-17-24-18-43-21(3)33-24/h4-9,14,18,20,23,27-28,30,32,35H,10-12,15-17,19H2,1-3H3/t23-,27+,28+,30?,32-/m1/s1. The van der Waals surface area contributed by atoms with Gasteiger partial charge >= 0.3 is 0 Å². The lowest BCUT2D eigenvalue weighted by Gasteiger charge is -2.33. The van der Waals surface area contributed by atoms with Crippen molar-refractivity contribution in [2.24, 2.45) is 17.8 Å². The summed E-state index contributed by atoms with van der Waals surface area (Å²) in [6.45, 7) is 7.04. The van der Waals surface area contributed by atoms with Gasteiger partial charge in [-0.2, -0.15) is 4.31 Å². The Hall–Kier alpha value is -2.74. The fourth-order valence-corrected chi connectivity index (χ4v) is 7.99. The number of nitrogens with zero attached hydrogens (tertiary/aromatic N) is 2. The van der Waals surface area contributed by atoms with E-state index in [1.165, 1.54) is 16.4 Å². The average molecular weight is 643 g/mol. The zero-order valence-electron chi connectivity index (χ0n) is 25.0. The number of hydrogen-bond donors (Lipinski definition) is 1. The maximum absolute atomic E-state index is 13.9. The van der Waals surface area contributed by atoms with Gasteiger partial charge in [-0.3, -0.25) is 0 Å². The lowest BCUT2D eigenvalue weighted by Crippen LogP contribution is -2.45. The second-order valence-corrected chi connectivity index (χ2v) is 14.8. The summed E-state index contributed by atoms with van der Waals surface area (Å²) in [5.41, 5.74) is 1.85. The third kappa shape index (κ3) is 7.05. The van der Waals surface area contributed by atoms with Crippen LogP contribution in [-0.2, 0) is 32.5 Å². The first kappa shape index (κ1) is 31.3. The molecule has 2 aromatic carbocycles. The molecule has 0 aliphatic carbocycles. The summed E-state index contributed by atoms with van der Waals surface area (Å²) in [6, 6.07) is 12.3. The minimum absolute atomic E-state index is 0.0267. The summed E-state index contributed by atoms with van der Waals surface area (Å²) in [6.07, 6.45) is 2.80. The van der Waals surface area contributed by atoms with Crippen molar-refractivity contribution in [1.82, 2.24) is 9.29 Å². The smallest absolute Gasteiger partial charge is 0.243 e. The van der Waals surface area contributed by atoms with Gasteiger partial charge in [-0.05, 0) is 55.5 Å². The number of aliphatic hydroxyl groups excluding tert-OH is 1. The summed E-state index contributed by atoms with van der Waals surface area (Å²) in [7, 11) is -3.96. The highest BCUT2D eigenvalue weighted by Gasteiger charge is 2.45. The molecule has 0 saturated carbocycles. The van der Waals surface area contributed by atoms with Crippen molar-refractivity contribution in [2.75, 3.05) is 26.5 Å². The Bertz CT molecular complexity index is 1520. The van der Waals surface area contributed by atoms with E-state index in [4.69, 9.17) is 23.7 Å². The molecule has 44 heavy (non-hydrogen) atoms. The van der Waals surface area contributed by atoms with Crippen LogP contribution in [0.15, 0.2) is 52.7 Å². The number of benzene rings is 2. The Kier molecular flexibility index (Phi) is 9.46. The van der Waals surface area contributed by atoms with Gasteiger partial charge in [0.05, 0.1) is 34.4 Å². The van der Waals surface area contributed by atoms with Gasteiger partial charge in [-0.25, -0.2) is 13.4 Å². The SMILES string of the molecule is Cc1nc(COc2ccc(C[C@H](C3[C][C@H]4CCO[C@@H]4O3)[C@@H](O)CN(CC(C)C)S(=O)(=O)c3ccc4c(c3)OCO4)cc2)cs1. The van der Waals surface area contributed by atoms with Crippen LogP contribution in [0.25, 0.3) is 0 Å². The van der Waals surface area contributed by atoms with E-state index in [9.17, 15) is 13.5 Å². The molecule has 2 saturated heterocycles. The molecule has 1 unspecified atom stereocenters. The number of aryl methyl sites for hydroxylation is 1. The third-order valence-corrected chi connectivity index (χ3v) is 10.6. The van der Waals surface area contributed by atoms with Crippen molar-refractivity contribution >= 4 is 21.4 Å². The predicted molar refractivity (Wildman–Crippen MR) is 163 cm³/mol. The lowest BCUT2D eigenvalue weighted by molar-refractivity contribution is -0.137. The Morgan fingerprint density at radius 3 is 2.66 bits per heavy atom. The summed E-state index contributed by atoms with van der Waals surface area (Å²) >= 11 is 1.59. The summed E-state index contributed by atoms with van der Waals surface area (Å²) in [5.74, 6) is 1.20. The van der Waals surface area contributed by atoms with E-state index in [-0.39, 0.29) is 42.9 Å². The third-order valence-electron chi connectivity index (χ3n) is 7.97. The lowest BCUT2D eigenvalue weighted by atomic mass is 9.85. The van der Waals surface area contributed by atoms with E-state index in [1.54, 1.807) is 17.4 Å². The first-order valence-electron chi connectivity index (χ1n) is 14.9. The summed E-state index contributed by atoms with van der Waals surface area (Å²) in [4.78, 5) is 4.53. The fraction of sp³-hybridized carbons (Fsp3) is 0.500. The molecule has 1 aromatic heterocycles. The predicted octanol–water partition coefficient (Wildman–Crippen LogP) is 4.47. The highest BCUT2D eigenvalue weighted by molar-refractivity contribution is 7.89. The monoisotopic (exact) mass is 642 g/mol. The summed E-state index contributed by atoms with van der Waals surface area (Å²) < 4.78 is 57.8. The molecule has 5 atom stereocenters. The van der Waals surface area contributed by atoms with E-state index in [2.05, 4.69) is 11.4 Å². The molecule has 12 heteroatoms. The van der Waals surface area contributed by atoms with E-state index in [0.29, 0.717) is 36.9 Å². The molecule has 0 bridgehead atoms. The molecular weight excluding hydrogens is 604 g/mol. The molecule has 2 radical (unpaired) electrons. The van der Waals surface area contributed by atoms with Crippen LogP contribution in [0.4, 0.5) is 0 Å². The van der Waals surface area contributed by atoms with Crippen molar-refractivity contribution in [3.8, 4) is 17.2 Å². The van der Waals surface area contributed by atoms with Gasteiger partial charge < -0.3 is 28.8 Å². The van der Waals surface area contributed by atoms with Crippen LogP contribution in [0.1, 0.15) is 36.5 Å². The number of sulfonamides is 1. The number of hydrogen-bond acceptors (Lipinski definition) is 10. The zero-order valence-corrected chi connectivity index (χ0v) is 26.7. The molecule has 6 rings (SSSR count). The van der Waals surface area contributed by atoms with E-state index in [1.807, 2.05) is 50.4 Å². The number of rotatable bonds is 13. The van der Waals surface area contributed by atoms with Crippen LogP contribution in [0.2, 0.25) is 0 Å². The van der Waals surface area contributed by atoms with Gasteiger partial charge in [0.25, 0.3) is 0 Å². The zero-order chi connectivity index (χ0) is 30.8. The topological polar surface area (TPSA) is 117 Å². The van der Waals surface area contributed by atoms with E-state index >= 15 is 0 Å². The molecule has 3 aromatic rings. The summed E-state index contributed by atoms with van der Waals surface area (Å²) in [5, 5.41) is 14.7. The molecule has 0 spiro atoms. The quantitative estimate of drug-likeness (QED) is 0.288. The minimum Gasteiger partial charge on any atom is -0.487 e. The van der Waals surface area contributed by atoms with Crippen LogP contribution in [0, 0.1) is 31.1 Å². The van der Waals surface area contributed by atoms with Gasteiger partial charge in [0, 0.05) is 42.8 Å². The molecule has 4 heterocycles. The van der Waals surface area contributed by atoms with Gasteiger partial charge in [-0.1, -0.05) is 26.0 Å². The second-order valence-electron chi connectivity index (χ2n) is 11.8. The first-order valence-corrected chi connectivity index (χ1v) is 17.2. The van der Waals surface area contributed by atoms with Crippen molar-refractivity contribution in [1.29, 1.82) is 0 Å². The Morgan fingerprint density at radius 2 is 1.93 bits per heavy atom. The Morgan fingerprint density at radius 1 is 1.14 bits per heavy atom. The molecule has 236 valence electrons. The molecule has 0 amide bonds. The van der Waals surface area contributed by atoms with Crippen molar-refractivity contribution in [3.05, 3.63) is 70.5 Å². The van der Waals surface area contributed by atoms with Crippen LogP contribution >= 0.6 is 11.3 Å². The number of aromatic nitrogens is 1. The Balaban J connectivity index is 1.20. The second kappa shape index (κ2) is 13.3. The first-order chi connectivity index (χ1) is 21.2. The molecular formula is C32H38N2O8S2. The molecule has 2 fully saturated rings. The van der Waals surface area contributed by atoms with Gasteiger partial charge in [0.1, 0.15) is 12.4 Å². The van der Waals surface area contributed by atoms with Gasteiger partial charge in [0.2, 0.25) is 16.8 Å². The van der Waals surface area contributed by atoms with Crippen LogP contribution in [0.5, 0.6) is 17.2 Å². The number of aliphatic hydroxyl groups is 1. The average Bonchev–Trinajstić information content (AvgIpc) is 3.79. The largest absolute Gasteiger partial charge is 0.487 e. The maximum Gasteiger partial charge on any atom is 0.243 e. The maximum atomic E-state index is 13.9. The number of fused-ring (bicyclic) bond motifs is 2. The number of ether oxygens (including phenoxy) is 5. The van der Waals surface area contributed by atoms with Crippen molar-refractivity contribution in [2.45, 2.75) is 63.6 Å². The molecule has 10 nitrogen and oxygen atoms in total.